The monoisotopic (exact) mass is 198 g/mol. The van der Waals surface area contributed by atoms with Gasteiger partial charge in [-0.3, -0.25) is 0 Å². The fourth-order valence-electron chi connectivity index (χ4n) is 2.72. The molecule has 2 atom stereocenters. The Morgan fingerprint density at radius 3 is 2.57 bits per heavy atom. The maximum atomic E-state index is 11.1. The number of ketones is 1. The molecule has 1 aliphatic carbocycles. The topological polar surface area (TPSA) is 35.5 Å². The van der Waals surface area contributed by atoms with Crippen LogP contribution < -0.4 is 0 Å². The second-order valence-corrected chi connectivity index (χ2v) is 4.66. The number of carbonyl (C=O) groups is 1. The average Bonchev–Trinajstić information content (AvgIpc) is 2.61. The SMILES string of the molecule is CC(=O)C[C@H]1CC2(C[C@H]1C)OCCO2. The minimum atomic E-state index is -0.334. The number of hydrogen-bond donors (Lipinski definition) is 0. The molecule has 0 unspecified atom stereocenters. The summed E-state index contributed by atoms with van der Waals surface area (Å²) in [5.41, 5.74) is 0. The van der Waals surface area contributed by atoms with Gasteiger partial charge in [-0.25, -0.2) is 0 Å². The fourth-order valence-corrected chi connectivity index (χ4v) is 2.72. The first-order chi connectivity index (χ1) is 6.61. The summed E-state index contributed by atoms with van der Waals surface area (Å²) in [5.74, 6) is 0.930. The highest BCUT2D eigenvalue weighted by Gasteiger charge is 2.47. The molecule has 3 heteroatoms. The van der Waals surface area contributed by atoms with Crippen LogP contribution in [0, 0.1) is 11.8 Å². The van der Waals surface area contributed by atoms with Gasteiger partial charge in [0.25, 0.3) is 0 Å². The van der Waals surface area contributed by atoms with Crippen LogP contribution in [0.2, 0.25) is 0 Å². The van der Waals surface area contributed by atoms with E-state index >= 15 is 0 Å². The van der Waals surface area contributed by atoms with Crippen molar-refractivity contribution in [2.75, 3.05) is 13.2 Å². The van der Waals surface area contributed by atoms with Gasteiger partial charge in [-0.2, -0.15) is 0 Å². The molecule has 0 N–H and O–H groups in total. The second kappa shape index (κ2) is 3.63. The maximum Gasteiger partial charge on any atom is 0.169 e. The Labute approximate surface area is 84.8 Å². The summed E-state index contributed by atoms with van der Waals surface area (Å²) in [6, 6.07) is 0. The minimum Gasteiger partial charge on any atom is -0.348 e. The molecule has 0 aromatic rings. The third kappa shape index (κ3) is 1.84. The Morgan fingerprint density at radius 1 is 1.36 bits per heavy atom. The molecule has 0 radical (unpaired) electrons. The zero-order valence-electron chi connectivity index (χ0n) is 8.91. The Hall–Kier alpha value is -0.410. The summed E-state index contributed by atoms with van der Waals surface area (Å²) in [4.78, 5) is 11.1. The van der Waals surface area contributed by atoms with Crippen LogP contribution in [-0.4, -0.2) is 24.8 Å². The van der Waals surface area contributed by atoms with Gasteiger partial charge >= 0.3 is 0 Å². The minimum absolute atomic E-state index is 0.275. The molecule has 0 aromatic heterocycles. The summed E-state index contributed by atoms with van der Waals surface area (Å²) >= 11 is 0. The van der Waals surface area contributed by atoms with Crippen LogP contribution in [0.1, 0.15) is 33.1 Å². The average molecular weight is 198 g/mol. The van der Waals surface area contributed by atoms with Crippen LogP contribution in [-0.2, 0) is 14.3 Å². The fraction of sp³-hybridized carbons (Fsp3) is 0.909. The predicted octanol–water partition coefficient (Wildman–Crippen LogP) is 1.75. The zero-order valence-corrected chi connectivity index (χ0v) is 8.91. The smallest absolute Gasteiger partial charge is 0.169 e. The first-order valence-corrected chi connectivity index (χ1v) is 5.39. The Kier molecular flexibility index (Phi) is 2.62. The summed E-state index contributed by atoms with van der Waals surface area (Å²) in [7, 11) is 0. The van der Waals surface area contributed by atoms with Crippen molar-refractivity contribution in [3.63, 3.8) is 0 Å². The van der Waals surface area contributed by atoms with Crippen LogP contribution in [0.3, 0.4) is 0 Å². The van der Waals surface area contributed by atoms with Crippen molar-refractivity contribution in [2.24, 2.45) is 11.8 Å². The molecule has 1 aliphatic heterocycles. The lowest BCUT2D eigenvalue weighted by Crippen LogP contribution is -2.26. The van der Waals surface area contributed by atoms with Crippen molar-refractivity contribution in [3.05, 3.63) is 0 Å². The van der Waals surface area contributed by atoms with Gasteiger partial charge in [-0.15, -0.1) is 0 Å². The number of Topliss-reactive ketones (excluding diaryl/α,β-unsaturated/α-hetero) is 1. The number of hydrogen-bond acceptors (Lipinski definition) is 3. The van der Waals surface area contributed by atoms with E-state index in [0.717, 1.165) is 12.8 Å². The molecule has 0 bridgehead atoms. The molecule has 1 spiro atoms. The molecule has 0 aromatic carbocycles. The standard InChI is InChI=1S/C11H18O3/c1-8-6-11(13-3-4-14-11)7-10(8)5-9(2)12/h8,10H,3-7H2,1-2H3/t8-,10+/m1/s1. The van der Waals surface area contributed by atoms with E-state index < -0.39 is 0 Å². The first-order valence-electron chi connectivity index (χ1n) is 5.39. The van der Waals surface area contributed by atoms with Gasteiger partial charge in [0, 0.05) is 19.3 Å². The van der Waals surface area contributed by atoms with Crippen molar-refractivity contribution in [1.29, 1.82) is 0 Å². The molecule has 2 aliphatic rings. The van der Waals surface area contributed by atoms with Gasteiger partial charge in [0.15, 0.2) is 5.79 Å². The lowest BCUT2D eigenvalue weighted by atomic mass is 9.93. The first kappa shape index (κ1) is 10.1. The van der Waals surface area contributed by atoms with Gasteiger partial charge < -0.3 is 14.3 Å². The Balaban J connectivity index is 1.99. The van der Waals surface area contributed by atoms with Crippen molar-refractivity contribution < 1.29 is 14.3 Å². The van der Waals surface area contributed by atoms with Crippen LogP contribution in [0.15, 0.2) is 0 Å². The summed E-state index contributed by atoms with van der Waals surface area (Å²) in [5, 5.41) is 0. The van der Waals surface area contributed by atoms with E-state index in [1.807, 2.05) is 0 Å². The molecule has 1 saturated heterocycles. The Morgan fingerprint density at radius 2 is 2.00 bits per heavy atom. The lowest BCUT2D eigenvalue weighted by molar-refractivity contribution is -0.154. The molecule has 80 valence electrons. The third-order valence-corrected chi connectivity index (χ3v) is 3.37. The highest BCUT2D eigenvalue weighted by Crippen LogP contribution is 2.45. The van der Waals surface area contributed by atoms with Crippen LogP contribution in [0.5, 0.6) is 0 Å². The largest absolute Gasteiger partial charge is 0.348 e. The number of rotatable bonds is 2. The summed E-state index contributed by atoms with van der Waals surface area (Å²) in [6.07, 6.45) is 2.52. The number of carbonyl (C=O) groups excluding carboxylic acids is 1. The van der Waals surface area contributed by atoms with Gasteiger partial charge in [0.2, 0.25) is 0 Å². The van der Waals surface area contributed by atoms with Crippen molar-refractivity contribution in [1.82, 2.24) is 0 Å². The van der Waals surface area contributed by atoms with Crippen molar-refractivity contribution in [3.8, 4) is 0 Å². The molecule has 2 rings (SSSR count). The van der Waals surface area contributed by atoms with Gasteiger partial charge in [0.05, 0.1) is 13.2 Å². The third-order valence-electron chi connectivity index (χ3n) is 3.37. The van der Waals surface area contributed by atoms with Crippen molar-refractivity contribution >= 4 is 5.78 Å². The molecule has 2 fully saturated rings. The van der Waals surface area contributed by atoms with E-state index in [2.05, 4.69) is 6.92 Å². The number of ether oxygens (including phenoxy) is 2. The quantitative estimate of drug-likeness (QED) is 0.678. The zero-order chi connectivity index (χ0) is 10.2. The van der Waals surface area contributed by atoms with Crippen LogP contribution >= 0.6 is 0 Å². The molecule has 1 heterocycles. The van der Waals surface area contributed by atoms with E-state index in [4.69, 9.17) is 9.47 Å². The molecular formula is C11H18O3. The van der Waals surface area contributed by atoms with Crippen molar-refractivity contribution in [2.45, 2.75) is 38.9 Å². The Bertz CT molecular complexity index is 231. The summed E-state index contributed by atoms with van der Waals surface area (Å²) < 4.78 is 11.3. The molecular weight excluding hydrogens is 180 g/mol. The predicted molar refractivity (Wildman–Crippen MR) is 51.8 cm³/mol. The van der Waals surface area contributed by atoms with Gasteiger partial charge in [0.1, 0.15) is 5.78 Å². The summed E-state index contributed by atoms with van der Waals surface area (Å²) in [6.45, 7) is 5.26. The second-order valence-electron chi connectivity index (χ2n) is 4.66. The highest BCUT2D eigenvalue weighted by atomic mass is 16.7. The molecule has 3 nitrogen and oxygen atoms in total. The maximum absolute atomic E-state index is 11.1. The molecule has 0 amide bonds. The van der Waals surface area contributed by atoms with E-state index in [1.54, 1.807) is 6.92 Å². The van der Waals surface area contributed by atoms with Crippen LogP contribution in [0.25, 0.3) is 0 Å². The van der Waals surface area contributed by atoms with E-state index in [1.165, 1.54) is 0 Å². The normalized spacial score (nSPS) is 35.3. The molecule has 1 saturated carbocycles. The van der Waals surface area contributed by atoms with E-state index in [0.29, 0.717) is 31.5 Å². The van der Waals surface area contributed by atoms with E-state index in [-0.39, 0.29) is 11.6 Å². The highest BCUT2D eigenvalue weighted by molar-refractivity contribution is 5.75. The molecule has 14 heavy (non-hydrogen) atoms. The van der Waals surface area contributed by atoms with Crippen LogP contribution in [0.4, 0.5) is 0 Å². The van der Waals surface area contributed by atoms with Gasteiger partial charge in [-0.05, 0) is 18.8 Å². The van der Waals surface area contributed by atoms with E-state index in [9.17, 15) is 4.79 Å². The van der Waals surface area contributed by atoms with Gasteiger partial charge in [-0.1, -0.05) is 6.92 Å². The lowest BCUT2D eigenvalue weighted by Gasteiger charge is -2.21.